The molecule has 0 aliphatic rings. The number of hydrogen-bond acceptors (Lipinski definition) is 3. The lowest BCUT2D eigenvalue weighted by Crippen LogP contribution is -2.17. The minimum absolute atomic E-state index is 0.0157. The largest absolute Gasteiger partial charge is 0.418 e. The predicted molar refractivity (Wildman–Crippen MR) is 61.0 cm³/mol. The normalized spacial score (nSPS) is 11.3. The topological polar surface area (TPSA) is 64.3 Å². The molecule has 0 radical (unpaired) electrons. The zero-order valence-electron chi connectivity index (χ0n) is 9.67. The minimum Gasteiger partial charge on any atom is -0.399 e. The lowest BCUT2D eigenvalue weighted by molar-refractivity contribution is -0.136. The third-order valence-corrected chi connectivity index (χ3v) is 2.16. The number of methoxy groups -OCH3 is 1. The summed E-state index contributed by atoms with van der Waals surface area (Å²) in [5.41, 5.74) is 4.01. The van der Waals surface area contributed by atoms with Crippen LogP contribution in [0.25, 0.3) is 0 Å². The fourth-order valence-corrected chi connectivity index (χ4v) is 1.31. The van der Waals surface area contributed by atoms with Crippen LogP contribution in [0.4, 0.5) is 24.5 Å². The van der Waals surface area contributed by atoms with Gasteiger partial charge in [0.05, 0.1) is 24.3 Å². The first-order valence-electron chi connectivity index (χ1n) is 5.10. The molecule has 0 spiro atoms. The number of amides is 1. The molecule has 0 fully saturated rings. The van der Waals surface area contributed by atoms with E-state index in [0.29, 0.717) is 0 Å². The summed E-state index contributed by atoms with van der Waals surface area (Å²) in [5.74, 6) is -0.549. The molecule has 100 valence electrons. The highest BCUT2D eigenvalue weighted by atomic mass is 19.4. The lowest BCUT2D eigenvalue weighted by Gasteiger charge is -2.14. The second-order valence-electron chi connectivity index (χ2n) is 3.59. The number of hydrogen-bond donors (Lipinski definition) is 2. The Kier molecular flexibility index (Phi) is 4.55. The number of alkyl halides is 3. The van der Waals surface area contributed by atoms with E-state index in [1.807, 2.05) is 0 Å². The Morgan fingerprint density at radius 3 is 2.67 bits per heavy atom. The standard InChI is InChI=1S/C11H13F3N2O2/c1-18-5-4-10(17)16-9-3-2-7(15)6-8(9)11(12,13)14/h2-3,6H,4-5,15H2,1H3,(H,16,17). The highest BCUT2D eigenvalue weighted by Crippen LogP contribution is 2.36. The molecule has 0 atom stereocenters. The van der Waals surface area contributed by atoms with E-state index in [1.165, 1.54) is 13.2 Å². The van der Waals surface area contributed by atoms with E-state index in [4.69, 9.17) is 5.73 Å². The minimum atomic E-state index is -4.57. The Bertz CT molecular complexity index is 433. The van der Waals surface area contributed by atoms with Gasteiger partial charge in [0.2, 0.25) is 5.91 Å². The Morgan fingerprint density at radius 1 is 1.44 bits per heavy atom. The first-order valence-corrected chi connectivity index (χ1v) is 5.10. The molecule has 18 heavy (non-hydrogen) atoms. The third kappa shape index (κ3) is 3.92. The molecule has 1 aromatic carbocycles. The van der Waals surface area contributed by atoms with Crippen molar-refractivity contribution in [3.63, 3.8) is 0 Å². The van der Waals surface area contributed by atoms with Crippen molar-refractivity contribution in [2.24, 2.45) is 0 Å². The van der Waals surface area contributed by atoms with Crippen LogP contribution in [0.15, 0.2) is 18.2 Å². The van der Waals surface area contributed by atoms with Gasteiger partial charge in [0.1, 0.15) is 0 Å². The molecule has 4 nitrogen and oxygen atoms in total. The molecule has 0 unspecified atom stereocenters. The van der Waals surface area contributed by atoms with E-state index >= 15 is 0 Å². The lowest BCUT2D eigenvalue weighted by atomic mass is 10.1. The SMILES string of the molecule is COCCC(=O)Nc1ccc(N)cc1C(F)(F)F. The van der Waals surface area contributed by atoms with E-state index in [1.54, 1.807) is 0 Å². The van der Waals surface area contributed by atoms with Gasteiger partial charge >= 0.3 is 6.18 Å². The van der Waals surface area contributed by atoms with Crippen LogP contribution >= 0.6 is 0 Å². The van der Waals surface area contributed by atoms with Crippen LogP contribution in [-0.2, 0) is 15.7 Å². The number of anilines is 2. The summed E-state index contributed by atoms with van der Waals surface area (Å²) in [5, 5.41) is 2.18. The molecule has 7 heteroatoms. The van der Waals surface area contributed by atoms with Crippen molar-refractivity contribution in [2.45, 2.75) is 12.6 Å². The molecule has 3 N–H and O–H groups in total. The number of halogens is 3. The smallest absolute Gasteiger partial charge is 0.399 e. The number of nitrogens with one attached hydrogen (secondary N) is 1. The van der Waals surface area contributed by atoms with Gasteiger partial charge in [-0.05, 0) is 18.2 Å². The average molecular weight is 262 g/mol. The summed E-state index contributed by atoms with van der Waals surface area (Å²) in [6, 6.07) is 3.20. The molecule has 0 heterocycles. The fourth-order valence-electron chi connectivity index (χ4n) is 1.31. The van der Waals surface area contributed by atoms with Crippen molar-refractivity contribution in [1.82, 2.24) is 0 Å². The predicted octanol–water partition coefficient (Wildman–Crippen LogP) is 2.26. The van der Waals surface area contributed by atoms with Crippen molar-refractivity contribution < 1.29 is 22.7 Å². The van der Waals surface area contributed by atoms with E-state index in [0.717, 1.165) is 12.1 Å². The number of nitrogen functional groups attached to an aromatic ring is 1. The fraction of sp³-hybridized carbons (Fsp3) is 0.364. The van der Waals surface area contributed by atoms with Crippen molar-refractivity contribution in [3.8, 4) is 0 Å². The number of carbonyl (C=O) groups excluding carboxylic acids is 1. The molecule has 0 saturated carbocycles. The maximum Gasteiger partial charge on any atom is 0.418 e. The van der Waals surface area contributed by atoms with Crippen molar-refractivity contribution in [1.29, 1.82) is 0 Å². The number of nitrogens with two attached hydrogens (primary N) is 1. The second kappa shape index (κ2) is 5.72. The van der Waals surface area contributed by atoms with Gasteiger partial charge in [0, 0.05) is 12.8 Å². The van der Waals surface area contributed by atoms with Crippen LogP contribution in [0, 0.1) is 0 Å². The molecule has 0 saturated heterocycles. The Morgan fingerprint density at radius 2 is 2.11 bits per heavy atom. The highest BCUT2D eigenvalue weighted by molar-refractivity contribution is 5.92. The maximum atomic E-state index is 12.7. The van der Waals surface area contributed by atoms with Crippen LogP contribution in [-0.4, -0.2) is 19.6 Å². The zero-order valence-corrected chi connectivity index (χ0v) is 9.67. The van der Waals surface area contributed by atoms with Crippen molar-refractivity contribution in [2.75, 3.05) is 24.8 Å². The van der Waals surface area contributed by atoms with Gasteiger partial charge in [-0.2, -0.15) is 13.2 Å². The van der Waals surface area contributed by atoms with Crippen LogP contribution in [0.2, 0.25) is 0 Å². The van der Waals surface area contributed by atoms with Gasteiger partial charge in [-0.3, -0.25) is 4.79 Å². The summed E-state index contributed by atoms with van der Waals surface area (Å²) in [6.45, 7) is 0.141. The maximum absolute atomic E-state index is 12.7. The monoisotopic (exact) mass is 262 g/mol. The third-order valence-electron chi connectivity index (χ3n) is 2.16. The molecule has 0 aliphatic heterocycles. The zero-order chi connectivity index (χ0) is 13.8. The summed E-state index contributed by atoms with van der Waals surface area (Å²) in [6.07, 6.45) is -4.59. The quantitative estimate of drug-likeness (QED) is 0.818. The van der Waals surface area contributed by atoms with Gasteiger partial charge in [-0.15, -0.1) is 0 Å². The van der Waals surface area contributed by atoms with Crippen LogP contribution in [0.5, 0.6) is 0 Å². The molecule has 0 aliphatic carbocycles. The van der Waals surface area contributed by atoms with Gasteiger partial charge in [0.25, 0.3) is 0 Å². The number of benzene rings is 1. The Hall–Kier alpha value is -1.76. The number of rotatable bonds is 4. The van der Waals surface area contributed by atoms with E-state index in [-0.39, 0.29) is 24.4 Å². The van der Waals surface area contributed by atoms with E-state index in [2.05, 4.69) is 10.1 Å². The van der Waals surface area contributed by atoms with Gasteiger partial charge in [-0.25, -0.2) is 0 Å². The molecule has 1 amide bonds. The van der Waals surface area contributed by atoms with Crippen molar-refractivity contribution >= 4 is 17.3 Å². The summed E-state index contributed by atoms with van der Waals surface area (Å²) in [4.78, 5) is 11.3. The Labute approximate surface area is 102 Å². The molecule has 0 bridgehead atoms. The van der Waals surface area contributed by atoms with Gasteiger partial charge < -0.3 is 15.8 Å². The molecular weight excluding hydrogens is 249 g/mol. The van der Waals surface area contributed by atoms with Crippen LogP contribution in [0.3, 0.4) is 0 Å². The van der Waals surface area contributed by atoms with Crippen molar-refractivity contribution in [3.05, 3.63) is 23.8 Å². The molecule has 1 rings (SSSR count). The second-order valence-corrected chi connectivity index (χ2v) is 3.59. The van der Waals surface area contributed by atoms with Crippen LogP contribution in [0.1, 0.15) is 12.0 Å². The van der Waals surface area contributed by atoms with Crippen LogP contribution < -0.4 is 11.1 Å². The Balaban J connectivity index is 2.92. The summed E-state index contributed by atoms with van der Waals surface area (Å²) in [7, 11) is 1.40. The molecule has 1 aromatic rings. The van der Waals surface area contributed by atoms with E-state index in [9.17, 15) is 18.0 Å². The first kappa shape index (κ1) is 14.3. The summed E-state index contributed by atoms with van der Waals surface area (Å²) >= 11 is 0. The first-order chi connectivity index (χ1) is 8.34. The molecule has 0 aromatic heterocycles. The average Bonchev–Trinajstić information content (AvgIpc) is 2.27. The van der Waals surface area contributed by atoms with E-state index < -0.39 is 17.6 Å². The summed E-state index contributed by atoms with van der Waals surface area (Å²) < 4.78 is 42.8. The highest BCUT2D eigenvalue weighted by Gasteiger charge is 2.34. The van der Waals surface area contributed by atoms with Gasteiger partial charge in [0.15, 0.2) is 0 Å². The number of ether oxygens (including phenoxy) is 1. The molecular formula is C11H13F3N2O2. The van der Waals surface area contributed by atoms with Gasteiger partial charge in [-0.1, -0.05) is 0 Å². The number of carbonyl (C=O) groups is 1.